The van der Waals surface area contributed by atoms with Gasteiger partial charge in [0.25, 0.3) is 0 Å². The van der Waals surface area contributed by atoms with Crippen LogP contribution in [0.3, 0.4) is 0 Å². The van der Waals surface area contributed by atoms with Crippen LogP contribution in [0.1, 0.15) is 12.0 Å². The molecule has 0 radical (unpaired) electrons. The average molecular weight is 417 g/mol. The van der Waals surface area contributed by atoms with Crippen LogP contribution < -0.4 is 4.74 Å². The molecule has 0 aromatic heterocycles. The van der Waals surface area contributed by atoms with Crippen LogP contribution in [0, 0.1) is 0 Å². The highest BCUT2D eigenvalue weighted by atomic mass is 32.2. The minimum Gasteiger partial charge on any atom is -0.490 e. The highest BCUT2D eigenvalue weighted by molar-refractivity contribution is 8.03. The van der Waals surface area contributed by atoms with Crippen molar-refractivity contribution in [2.75, 3.05) is 12.4 Å². The summed E-state index contributed by atoms with van der Waals surface area (Å²) in [5.74, 6) is 1.39. The van der Waals surface area contributed by atoms with Crippen LogP contribution in [0.15, 0.2) is 95.9 Å². The van der Waals surface area contributed by atoms with Crippen molar-refractivity contribution in [1.82, 2.24) is 0 Å². The van der Waals surface area contributed by atoms with E-state index in [1.165, 1.54) is 11.1 Å². The minimum atomic E-state index is -0.246. The van der Waals surface area contributed by atoms with Crippen LogP contribution in [0.25, 0.3) is 11.1 Å². The van der Waals surface area contributed by atoms with Gasteiger partial charge >= 0.3 is 5.97 Å². The summed E-state index contributed by atoms with van der Waals surface area (Å²) in [5, 5.41) is 0. The van der Waals surface area contributed by atoms with Gasteiger partial charge in [0.2, 0.25) is 0 Å². The summed E-state index contributed by atoms with van der Waals surface area (Å²) in [6, 6.07) is 28.5. The summed E-state index contributed by atoms with van der Waals surface area (Å²) in [6.07, 6.45) is 3.35. The quantitative estimate of drug-likeness (QED) is 0.428. The number of benzene rings is 3. The third kappa shape index (κ3) is 5.55. The van der Waals surface area contributed by atoms with E-state index in [1.54, 1.807) is 11.8 Å². The second-order valence-electron chi connectivity index (χ2n) is 7.12. The number of ether oxygens (including phenoxy) is 2. The maximum Gasteiger partial charge on any atom is 0.344 e. The zero-order valence-corrected chi connectivity index (χ0v) is 17.5. The normalized spacial score (nSPS) is 15.9. The Balaban J connectivity index is 1.24. The van der Waals surface area contributed by atoms with Gasteiger partial charge in [-0.2, -0.15) is 0 Å². The fraction of sp³-hybridized carbons (Fsp3) is 0.192. The lowest BCUT2D eigenvalue weighted by atomic mass is 10.1. The van der Waals surface area contributed by atoms with Crippen LogP contribution in [-0.2, 0) is 16.0 Å². The molecule has 1 atom stereocenters. The highest BCUT2D eigenvalue weighted by Crippen LogP contribution is 2.26. The second kappa shape index (κ2) is 10.2. The maximum atomic E-state index is 12.3. The first kappa shape index (κ1) is 20.3. The van der Waals surface area contributed by atoms with Crippen molar-refractivity contribution in [2.24, 2.45) is 0 Å². The fourth-order valence-electron chi connectivity index (χ4n) is 3.29. The largest absolute Gasteiger partial charge is 0.490 e. The van der Waals surface area contributed by atoms with Gasteiger partial charge in [0.05, 0.1) is 4.91 Å². The molecule has 152 valence electrons. The van der Waals surface area contributed by atoms with Crippen molar-refractivity contribution >= 4 is 17.7 Å². The Hall–Kier alpha value is -2.98. The van der Waals surface area contributed by atoms with Crippen LogP contribution in [0.5, 0.6) is 5.75 Å². The fourth-order valence-corrected chi connectivity index (χ4v) is 4.22. The molecule has 0 saturated carbocycles. The molecule has 0 saturated heterocycles. The van der Waals surface area contributed by atoms with Crippen LogP contribution >= 0.6 is 11.8 Å². The molecule has 3 aromatic carbocycles. The molecule has 0 aliphatic carbocycles. The number of carbonyl (C=O) groups excluding carboxylic acids is 1. The van der Waals surface area contributed by atoms with Crippen molar-refractivity contribution in [3.8, 4) is 16.9 Å². The maximum absolute atomic E-state index is 12.3. The van der Waals surface area contributed by atoms with E-state index >= 15 is 0 Å². The first-order valence-corrected chi connectivity index (χ1v) is 11.1. The molecule has 0 spiro atoms. The summed E-state index contributed by atoms with van der Waals surface area (Å²) in [7, 11) is 0. The molecule has 3 aromatic rings. The molecule has 0 amide bonds. The third-order valence-electron chi connectivity index (χ3n) is 4.93. The number of rotatable bonds is 8. The monoisotopic (exact) mass is 416 g/mol. The van der Waals surface area contributed by atoms with Crippen molar-refractivity contribution in [3.63, 3.8) is 0 Å². The van der Waals surface area contributed by atoms with Crippen LogP contribution in [-0.4, -0.2) is 24.4 Å². The van der Waals surface area contributed by atoms with Crippen molar-refractivity contribution in [3.05, 3.63) is 101 Å². The number of carbonyl (C=O) groups is 1. The van der Waals surface area contributed by atoms with Crippen LogP contribution in [0.2, 0.25) is 0 Å². The molecule has 4 rings (SSSR count). The minimum absolute atomic E-state index is 0.243. The highest BCUT2D eigenvalue weighted by Gasteiger charge is 2.23. The van der Waals surface area contributed by atoms with Crippen molar-refractivity contribution in [1.29, 1.82) is 0 Å². The van der Waals surface area contributed by atoms with Gasteiger partial charge in [0.15, 0.2) is 0 Å². The topological polar surface area (TPSA) is 35.5 Å². The Morgan fingerprint density at radius 2 is 1.53 bits per heavy atom. The number of hydrogen-bond donors (Lipinski definition) is 0. The molecular formula is C26H24O3S. The molecule has 0 fully saturated rings. The zero-order valence-electron chi connectivity index (χ0n) is 16.7. The van der Waals surface area contributed by atoms with E-state index in [-0.39, 0.29) is 12.1 Å². The molecule has 4 heteroatoms. The van der Waals surface area contributed by atoms with Gasteiger partial charge in [-0.1, -0.05) is 78.9 Å². The molecule has 0 bridgehead atoms. The molecule has 3 nitrogen and oxygen atoms in total. The van der Waals surface area contributed by atoms with Gasteiger partial charge in [0.1, 0.15) is 18.5 Å². The Morgan fingerprint density at radius 3 is 2.23 bits per heavy atom. The van der Waals surface area contributed by atoms with Gasteiger partial charge in [-0.05, 0) is 35.2 Å². The van der Waals surface area contributed by atoms with E-state index in [0.29, 0.717) is 17.9 Å². The summed E-state index contributed by atoms with van der Waals surface area (Å²) >= 11 is 1.56. The van der Waals surface area contributed by atoms with Gasteiger partial charge in [0, 0.05) is 12.2 Å². The Labute approximate surface area is 181 Å². The third-order valence-corrected chi connectivity index (χ3v) is 5.98. The van der Waals surface area contributed by atoms with E-state index in [0.717, 1.165) is 23.5 Å². The number of thioether (sulfide) groups is 1. The van der Waals surface area contributed by atoms with Gasteiger partial charge in [-0.15, -0.1) is 11.8 Å². The SMILES string of the molecule is O=C1OC(COc2ccc(-c3ccccc3)cc2)CC=C1SCCc1ccccc1. The standard InChI is InChI=1S/C26H24O3S/c27-26-25(30-18-17-20-7-3-1-4-8-20)16-15-24(29-26)19-28-23-13-11-22(12-14-23)21-9-5-2-6-10-21/h1-14,16,24H,15,17-19H2. The molecule has 1 unspecified atom stereocenters. The first-order valence-electron chi connectivity index (χ1n) is 10.1. The first-order chi connectivity index (χ1) is 14.8. The number of esters is 1. The summed E-state index contributed by atoms with van der Waals surface area (Å²) in [6.45, 7) is 0.356. The number of hydrogen-bond acceptors (Lipinski definition) is 4. The Bertz CT molecular complexity index is 982. The zero-order chi connectivity index (χ0) is 20.6. The van der Waals surface area contributed by atoms with Crippen molar-refractivity contribution in [2.45, 2.75) is 18.9 Å². The smallest absolute Gasteiger partial charge is 0.344 e. The second-order valence-corrected chi connectivity index (χ2v) is 8.25. The number of cyclic esters (lactones) is 1. The van der Waals surface area contributed by atoms with Gasteiger partial charge in [-0.25, -0.2) is 4.79 Å². The van der Waals surface area contributed by atoms with E-state index in [1.807, 2.05) is 66.7 Å². The molecule has 1 heterocycles. The molecule has 0 N–H and O–H groups in total. The van der Waals surface area contributed by atoms with E-state index in [9.17, 15) is 4.79 Å². The predicted octanol–water partition coefficient (Wildman–Crippen LogP) is 5.91. The van der Waals surface area contributed by atoms with E-state index in [4.69, 9.17) is 9.47 Å². The molecule has 1 aliphatic heterocycles. The molecule has 30 heavy (non-hydrogen) atoms. The lowest BCUT2D eigenvalue weighted by Crippen LogP contribution is -2.28. The molecular weight excluding hydrogens is 392 g/mol. The average Bonchev–Trinajstić information content (AvgIpc) is 2.81. The Kier molecular flexibility index (Phi) is 6.88. The van der Waals surface area contributed by atoms with E-state index in [2.05, 4.69) is 24.3 Å². The lowest BCUT2D eigenvalue weighted by molar-refractivity contribution is -0.145. The Morgan fingerprint density at radius 1 is 0.867 bits per heavy atom. The lowest BCUT2D eigenvalue weighted by Gasteiger charge is -2.22. The summed E-state index contributed by atoms with van der Waals surface area (Å²) < 4.78 is 11.4. The van der Waals surface area contributed by atoms with Gasteiger partial charge in [-0.3, -0.25) is 0 Å². The number of aryl methyl sites for hydroxylation is 1. The predicted molar refractivity (Wildman–Crippen MR) is 123 cm³/mol. The van der Waals surface area contributed by atoms with Gasteiger partial charge < -0.3 is 9.47 Å². The van der Waals surface area contributed by atoms with E-state index < -0.39 is 0 Å². The summed E-state index contributed by atoms with van der Waals surface area (Å²) in [5.41, 5.74) is 3.60. The van der Waals surface area contributed by atoms with Crippen LogP contribution in [0.4, 0.5) is 0 Å². The van der Waals surface area contributed by atoms with Crippen molar-refractivity contribution < 1.29 is 14.3 Å². The molecule has 1 aliphatic rings. The summed E-state index contributed by atoms with van der Waals surface area (Å²) in [4.78, 5) is 13.0.